The molecule has 0 N–H and O–H groups in total. The number of benzene rings is 1. The smallest absolute Gasteiger partial charge is 0.137 e. The summed E-state index contributed by atoms with van der Waals surface area (Å²) in [6, 6.07) is 11.1. The normalized spacial score (nSPS) is 9.71. The second-order valence-corrected chi connectivity index (χ2v) is 3.77. The minimum atomic E-state index is 0.372. The van der Waals surface area contributed by atoms with Crippen LogP contribution in [-0.2, 0) is 0 Å². The molecule has 2 rings (SSSR count). The largest absolute Gasteiger partial charge is 0.328 e. The highest BCUT2D eigenvalue weighted by Crippen LogP contribution is 2.25. The van der Waals surface area contributed by atoms with Crippen LogP contribution in [0.3, 0.4) is 0 Å². The van der Waals surface area contributed by atoms with Gasteiger partial charge in [-0.2, -0.15) is 5.26 Å². The number of rotatable bonds is 2. The first-order chi connectivity index (χ1) is 8.22. The number of anilines is 2. The molecule has 84 valence electrons. The highest BCUT2D eigenvalue weighted by molar-refractivity contribution is 6.29. The lowest BCUT2D eigenvalue weighted by Gasteiger charge is -2.19. The third-order valence-corrected chi connectivity index (χ3v) is 2.56. The van der Waals surface area contributed by atoms with Crippen molar-refractivity contribution >= 4 is 23.1 Å². The summed E-state index contributed by atoms with van der Waals surface area (Å²) in [4.78, 5) is 9.73. The van der Waals surface area contributed by atoms with Crippen LogP contribution >= 0.6 is 11.6 Å². The lowest BCUT2D eigenvalue weighted by molar-refractivity contribution is 1.08. The number of nitrogens with zero attached hydrogens (tertiary/aromatic N) is 4. The molecule has 0 bridgehead atoms. The van der Waals surface area contributed by atoms with E-state index < -0.39 is 0 Å². The van der Waals surface area contributed by atoms with Crippen LogP contribution < -0.4 is 4.90 Å². The van der Waals surface area contributed by atoms with Gasteiger partial charge in [0.15, 0.2) is 0 Å². The summed E-state index contributed by atoms with van der Waals surface area (Å²) in [5.41, 5.74) is 1.37. The fourth-order valence-corrected chi connectivity index (χ4v) is 1.63. The first kappa shape index (κ1) is 11.4. The molecule has 1 aromatic carbocycles. The number of hydrogen-bond donors (Lipinski definition) is 0. The number of aromatic nitrogens is 2. The van der Waals surface area contributed by atoms with Crippen molar-refractivity contribution in [3.63, 3.8) is 0 Å². The maximum absolute atomic E-state index is 9.03. The van der Waals surface area contributed by atoms with Gasteiger partial charge in [0.25, 0.3) is 0 Å². The second kappa shape index (κ2) is 4.81. The molecule has 1 aromatic heterocycles. The van der Waals surface area contributed by atoms with Crippen molar-refractivity contribution in [3.05, 3.63) is 47.4 Å². The molecule has 0 radical (unpaired) electrons. The van der Waals surface area contributed by atoms with Crippen LogP contribution in [0.1, 0.15) is 5.56 Å². The molecule has 1 heterocycles. The van der Waals surface area contributed by atoms with E-state index in [-0.39, 0.29) is 0 Å². The molecule has 2 aromatic rings. The van der Waals surface area contributed by atoms with E-state index in [0.29, 0.717) is 16.5 Å². The zero-order valence-electron chi connectivity index (χ0n) is 9.13. The minimum Gasteiger partial charge on any atom is -0.328 e. The van der Waals surface area contributed by atoms with E-state index in [2.05, 4.69) is 16.0 Å². The van der Waals surface area contributed by atoms with Crippen LogP contribution in [0.15, 0.2) is 36.7 Å². The summed E-state index contributed by atoms with van der Waals surface area (Å²) >= 11 is 5.81. The molecule has 0 unspecified atom stereocenters. The van der Waals surface area contributed by atoms with Crippen LogP contribution in [0.4, 0.5) is 11.5 Å². The predicted molar refractivity (Wildman–Crippen MR) is 66.3 cm³/mol. The maximum atomic E-state index is 9.03. The van der Waals surface area contributed by atoms with Crippen molar-refractivity contribution in [1.29, 1.82) is 5.26 Å². The molecule has 0 saturated carbocycles. The van der Waals surface area contributed by atoms with Gasteiger partial charge in [-0.05, 0) is 12.1 Å². The highest BCUT2D eigenvalue weighted by Gasteiger charge is 2.09. The van der Waals surface area contributed by atoms with Gasteiger partial charge in [0.05, 0.1) is 11.3 Å². The molecule has 4 nitrogen and oxygen atoms in total. The Kier molecular flexibility index (Phi) is 3.22. The van der Waals surface area contributed by atoms with Gasteiger partial charge in [0.1, 0.15) is 23.4 Å². The van der Waals surface area contributed by atoms with Gasteiger partial charge in [-0.15, -0.1) is 0 Å². The summed E-state index contributed by atoms with van der Waals surface area (Å²) < 4.78 is 0. The molecule has 0 amide bonds. The quantitative estimate of drug-likeness (QED) is 0.763. The van der Waals surface area contributed by atoms with Crippen molar-refractivity contribution in [1.82, 2.24) is 9.97 Å². The number of halogens is 1. The van der Waals surface area contributed by atoms with E-state index in [1.165, 1.54) is 6.33 Å². The van der Waals surface area contributed by atoms with Crippen molar-refractivity contribution in [2.45, 2.75) is 0 Å². The Bertz CT molecular complexity index is 577. The number of nitriles is 1. The average Bonchev–Trinajstić information content (AvgIpc) is 2.38. The fraction of sp³-hybridized carbons (Fsp3) is 0.0833. The molecule has 5 heteroatoms. The third-order valence-electron chi connectivity index (χ3n) is 2.35. The van der Waals surface area contributed by atoms with Crippen LogP contribution in [0, 0.1) is 11.3 Å². The first-order valence-corrected chi connectivity index (χ1v) is 5.30. The summed E-state index contributed by atoms with van der Waals surface area (Å²) in [5.74, 6) is 0.646. The average molecular weight is 245 g/mol. The molecule has 0 aliphatic heterocycles. The van der Waals surface area contributed by atoms with Gasteiger partial charge in [0, 0.05) is 13.1 Å². The Morgan fingerprint density at radius 1 is 1.29 bits per heavy atom. The lowest BCUT2D eigenvalue weighted by atomic mass is 10.2. The lowest BCUT2D eigenvalue weighted by Crippen LogP contribution is -2.12. The molecule has 0 aliphatic carbocycles. The van der Waals surface area contributed by atoms with Crippen molar-refractivity contribution < 1.29 is 0 Å². The summed E-state index contributed by atoms with van der Waals surface area (Å²) in [7, 11) is 1.83. The maximum Gasteiger partial charge on any atom is 0.137 e. The standard InChI is InChI=1S/C12H9ClN4/c1-17(12-6-11(13)15-8-16-12)10-5-3-2-4-9(10)7-14/h2-6,8H,1H3. The second-order valence-electron chi connectivity index (χ2n) is 3.39. The molecule has 0 aliphatic rings. The highest BCUT2D eigenvalue weighted by atomic mass is 35.5. The number of hydrogen-bond acceptors (Lipinski definition) is 4. The van der Waals surface area contributed by atoms with E-state index in [0.717, 1.165) is 5.69 Å². The SMILES string of the molecule is CN(c1cc(Cl)ncn1)c1ccccc1C#N. The van der Waals surface area contributed by atoms with E-state index in [4.69, 9.17) is 16.9 Å². The van der Waals surface area contributed by atoms with Crippen molar-refractivity contribution in [3.8, 4) is 6.07 Å². The molecule has 17 heavy (non-hydrogen) atoms. The van der Waals surface area contributed by atoms with Gasteiger partial charge in [-0.25, -0.2) is 9.97 Å². The molecular weight excluding hydrogens is 236 g/mol. The molecule has 0 spiro atoms. The monoisotopic (exact) mass is 244 g/mol. The van der Waals surface area contributed by atoms with Crippen LogP contribution in [0.5, 0.6) is 0 Å². The summed E-state index contributed by atoms with van der Waals surface area (Å²) in [5, 5.41) is 9.40. The van der Waals surface area contributed by atoms with Crippen LogP contribution in [-0.4, -0.2) is 17.0 Å². The van der Waals surface area contributed by atoms with Crippen molar-refractivity contribution in [2.24, 2.45) is 0 Å². The number of para-hydroxylation sites is 1. The van der Waals surface area contributed by atoms with Gasteiger partial charge in [-0.1, -0.05) is 23.7 Å². The summed E-state index contributed by atoms with van der Waals surface area (Å²) in [6.07, 6.45) is 1.39. The van der Waals surface area contributed by atoms with Crippen LogP contribution in [0.2, 0.25) is 5.15 Å². The predicted octanol–water partition coefficient (Wildman–Crippen LogP) is 2.77. The van der Waals surface area contributed by atoms with E-state index in [9.17, 15) is 0 Å². The van der Waals surface area contributed by atoms with Gasteiger partial charge < -0.3 is 4.90 Å². The van der Waals surface area contributed by atoms with Gasteiger partial charge >= 0.3 is 0 Å². The summed E-state index contributed by atoms with van der Waals surface area (Å²) in [6.45, 7) is 0. The third kappa shape index (κ3) is 2.35. The Balaban J connectivity index is 2.44. The van der Waals surface area contributed by atoms with Gasteiger partial charge in [-0.3, -0.25) is 0 Å². The fourth-order valence-electron chi connectivity index (χ4n) is 1.49. The molecular formula is C12H9ClN4. The minimum absolute atomic E-state index is 0.372. The van der Waals surface area contributed by atoms with Gasteiger partial charge in [0.2, 0.25) is 0 Å². The van der Waals surface area contributed by atoms with E-state index in [1.807, 2.05) is 25.2 Å². The van der Waals surface area contributed by atoms with Crippen LogP contribution in [0.25, 0.3) is 0 Å². The molecule has 0 saturated heterocycles. The molecule has 0 fully saturated rings. The first-order valence-electron chi connectivity index (χ1n) is 4.93. The molecule has 0 atom stereocenters. The zero-order valence-corrected chi connectivity index (χ0v) is 9.89. The Morgan fingerprint density at radius 3 is 2.76 bits per heavy atom. The van der Waals surface area contributed by atoms with E-state index in [1.54, 1.807) is 17.0 Å². The zero-order chi connectivity index (χ0) is 12.3. The Morgan fingerprint density at radius 2 is 2.06 bits per heavy atom. The Hall–Kier alpha value is -2.12. The van der Waals surface area contributed by atoms with E-state index >= 15 is 0 Å². The topological polar surface area (TPSA) is 52.8 Å². The Labute approximate surface area is 104 Å². The van der Waals surface area contributed by atoms with Crippen molar-refractivity contribution in [2.75, 3.05) is 11.9 Å².